The van der Waals surface area contributed by atoms with Crippen LogP contribution < -0.4 is 10.2 Å². The number of aryl methyl sites for hydroxylation is 1. The number of hydrogen-bond acceptors (Lipinski definition) is 5. The lowest BCUT2D eigenvalue weighted by molar-refractivity contribution is -0.385. The Morgan fingerprint density at radius 1 is 1.44 bits per heavy atom. The van der Waals surface area contributed by atoms with E-state index in [1.165, 1.54) is 6.07 Å². The minimum absolute atomic E-state index is 0.0810. The van der Waals surface area contributed by atoms with E-state index >= 15 is 0 Å². The van der Waals surface area contributed by atoms with Crippen molar-refractivity contribution in [3.63, 3.8) is 0 Å². The Bertz CT molecular complexity index is 444. The molecule has 0 saturated carbocycles. The number of rotatable bonds is 3. The van der Waals surface area contributed by atoms with Gasteiger partial charge in [-0.2, -0.15) is 0 Å². The van der Waals surface area contributed by atoms with Gasteiger partial charge in [0, 0.05) is 19.2 Å². The molecule has 6 heteroatoms. The average molecular weight is 250 g/mol. The van der Waals surface area contributed by atoms with Crippen molar-refractivity contribution in [2.75, 3.05) is 25.0 Å². The molecule has 1 saturated heterocycles. The van der Waals surface area contributed by atoms with Gasteiger partial charge in [0.15, 0.2) is 0 Å². The van der Waals surface area contributed by atoms with Crippen molar-refractivity contribution >= 4 is 11.5 Å². The molecule has 0 unspecified atom stereocenters. The first-order valence-corrected chi connectivity index (χ1v) is 6.15. The number of aromatic nitrogens is 1. The van der Waals surface area contributed by atoms with Gasteiger partial charge in [-0.15, -0.1) is 0 Å². The van der Waals surface area contributed by atoms with Gasteiger partial charge < -0.3 is 10.2 Å². The molecule has 2 heterocycles. The van der Waals surface area contributed by atoms with Crippen LogP contribution in [0.3, 0.4) is 0 Å². The van der Waals surface area contributed by atoms with Crippen LogP contribution in [-0.2, 0) is 0 Å². The molecule has 0 aromatic carbocycles. The molecule has 0 radical (unpaired) electrons. The predicted octanol–water partition coefficient (Wildman–Crippen LogP) is 1.49. The number of nitrogens with one attached hydrogen (secondary N) is 1. The lowest BCUT2D eigenvalue weighted by atomic mass is 10.1. The highest BCUT2D eigenvalue weighted by molar-refractivity contribution is 5.47. The molecule has 2 rings (SSSR count). The standard InChI is InChI=1S/C12H18N4O2/c1-9-11(16(17)18)3-4-12(14-9)15(2)10-5-7-13-8-6-10/h3-4,10,13H,5-8H2,1-2H3. The van der Waals surface area contributed by atoms with Crippen LogP contribution in [0.2, 0.25) is 0 Å². The predicted molar refractivity (Wildman–Crippen MR) is 69.9 cm³/mol. The first kappa shape index (κ1) is 12.8. The van der Waals surface area contributed by atoms with Crippen molar-refractivity contribution in [3.8, 4) is 0 Å². The second-order valence-electron chi connectivity index (χ2n) is 4.62. The first-order chi connectivity index (χ1) is 8.59. The van der Waals surface area contributed by atoms with Gasteiger partial charge in [-0.25, -0.2) is 4.98 Å². The third-order valence-electron chi connectivity index (χ3n) is 3.46. The zero-order valence-electron chi connectivity index (χ0n) is 10.7. The van der Waals surface area contributed by atoms with Gasteiger partial charge >= 0.3 is 0 Å². The third-order valence-corrected chi connectivity index (χ3v) is 3.46. The van der Waals surface area contributed by atoms with Crippen LogP contribution in [-0.4, -0.2) is 36.1 Å². The summed E-state index contributed by atoms with van der Waals surface area (Å²) in [6.07, 6.45) is 2.16. The zero-order chi connectivity index (χ0) is 13.1. The monoisotopic (exact) mass is 250 g/mol. The second kappa shape index (κ2) is 5.30. The van der Waals surface area contributed by atoms with Crippen LogP contribution in [0, 0.1) is 17.0 Å². The van der Waals surface area contributed by atoms with Crippen molar-refractivity contribution < 1.29 is 4.92 Å². The summed E-state index contributed by atoms with van der Waals surface area (Å²) < 4.78 is 0. The molecule has 1 aromatic rings. The van der Waals surface area contributed by atoms with E-state index in [1.54, 1.807) is 13.0 Å². The van der Waals surface area contributed by atoms with Crippen LogP contribution in [0.5, 0.6) is 0 Å². The Balaban J connectivity index is 2.17. The topological polar surface area (TPSA) is 71.3 Å². The lowest BCUT2D eigenvalue weighted by Crippen LogP contribution is -2.41. The summed E-state index contributed by atoms with van der Waals surface area (Å²) in [4.78, 5) is 16.8. The van der Waals surface area contributed by atoms with Gasteiger partial charge in [0.2, 0.25) is 0 Å². The number of pyridine rings is 1. The van der Waals surface area contributed by atoms with Gasteiger partial charge in [-0.1, -0.05) is 0 Å². The van der Waals surface area contributed by atoms with Gasteiger partial charge in [-0.3, -0.25) is 10.1 Å². The van der Waals surface area contributed by atoms with E-state index in [0.29, 0.717) is 11.7 Å². The van der Waals surface area contributed by atoms with E-state index < -0.39 is 4.92 Å². The number of hydrogen-bond donors (Lipinski definition) is 1. The van der Waals surface area contributed by atoms with E-state index in [-0.39, 0.29) is 5.69 Å². The summed E-state index contributed by atoms with van der Waals surface area (Å²) in [6, 6.07) is 3.72. The Labute approximate surface area is 106 Å². The summed E-state index contributed by atoms with van der Waals surface area (Å²) >= 11 is 0. The van der Waals surface area contributed by atoms with Crippen LogP contribution in [0.1, 0.15) is 18.5 Å². The number of nitro groups is 1. The molecule has 0 amide bonds. The molecule has 18 heavy (non-hydrogen) atoms. The third kappa shape index (κ3) is 2.59. The molecule has 0 bridgehead atoms. The normalized spacial score (nSPS) is 16.6. The highest BCUT2D eigenvalue weighted by atomic mass is 16.6. The van der Waals surface area contributed by atoms with Gasteiger partial charge in [0.1, 0.15) is 11.5 Å². The molecule has 6 nitrogen and oxygen atoms in total. The maximum atomic E-state index is 10.7. The molecule has 0 spiro atoms. The SMILES string of the molecule is Cc1nc(N(C)C2CCNCC2)ccc1[N+](=O)[O-]. The summed E-state index contributed by atoms with van der Waals surface area (Å²) in [5.41, 5.74) is 0.552. The van der Waals surface area contributed by atoms with Crippen molar-refractivity contribution in [1.29, 1.82) is 0 Å². The largest absolute Gasteiger partial charge is 0.357 e. The first-order valence-electron chi connectivity index (χ1n) is 6.15. The highest BCUT2D eigenvalue weighted by Crippen LogP contribution is 2.22. The van der Waals surface area contributed by atoms with Crippen molar-refractivity contribution in [2.45, 2.75) is 25.8 Å². The Morgan fingerprint density at radius 2 is 2.11 bits per heavy atom. The molecule has 1 aromatic heterocycles. The summed E-state index contributed by atoms with van der Waals surface area (Å²) in [5, 5.41) is 14.1. The minimum Gasteiger partial charge on any atom is -0.357 e. The van der Waals surface area contributed by atoms with Crippen molar-refractivity contribution in [3.05, 3.63) is 27.9 Å². The highest BCUT2D eigenvalue weighted by Gasteiger charge is 2.20. The molecule has 0 aliphatic carbocycles. The minimum atomic E-state index is -0.392. The van der Waals surface area contributed by atoms with Gasteiger partial charge in [0.25, 0.3) is 5.69 Å². The van der Waals surface area contributed by atoms with E-state index in [1.807, 2.05) is 7.05 Å². The summed E-state index contributed by atoms with van der Waals surface area (Å²) in [7, 11) is 2.00. The maximum Gasteiger partial charge on any atom is 0.290 e. The molecule has 98 valence electrons. The molecular weight excluding hydrogens is 232 g/mol. The quantitative estimate of drug-likeness (QED) is 0.650. The molecule has 1 aliphatic heterocycles. The van der Waals surface area contributed by atoms with Crippen LogP contribution in [0.25, 0.3) is 0 Å². The lowest BCUT2D eigenvalue weighted by Gasteiger charge is -2.32. The molecule has 1 aliphatic rings. The van der Waals surface area contributed by atoms with Crippen molar-refractivity contribution in [1.82, 2.24) is 10.3 Å². The van der Waals surface area contributed by atoms with E-state index in [4.69, 9.17) is 0 Å². The maximum absolute atomic E-state index is 10.7. The van der Waals surface area contributed by atoms with E-state index in [0.717, 1.165) is 31.7 Å². The van der Waals surface area contributed by atoms with Crippen LogP contribution >= 0.6 is 0 Å². The average Bonchev–Trinajstić information content (AvgIpc) is 2.38. The second-order valence-corrected chi connectivity index (χ2v) is 4.62. The molecule has 1 fully saturated rings. The number of anilines is 1. The van der Waals surface area contributed by atoms with Crippen LogP contribution in [0.15, 0.2) is 12.1 Å². The van der Waals surface area contributed by atoms with E-state index in [2.05, 4.69) is 15.2 Å². The number of piperidine rings is 1. The fraction of sp³-hybridized carbons (Fsp3) is 0.583. The summed E-state index contributed by atoms with van der Waals surface area (Å²) in [5.74, 6) is 0.810. The Morgan fingerprint density at radius 3 is 2.67 bits per heavy atom. The smallest absolute Gasteiger partial charge is 0.290 e. The fourth-order valence-corrected chi connectivity index (χ4v) is 2.31. The zero-order valence-corrected chi connectivity index (χ0v) is 10.7. The van der Waals surface area contributed by atoms with Gasteiger partial charge in [-0.05, 0) is 38.9 Å². The van der Waals surface area contributed by atoms with Crippen LogP contribution in [0.4, 0.5) is 11.5 Å². The van der Waals surface area contributed by atoms with Gasteiger partial charge in [0.05, 0.1) is 4.92 Å². The molecule has 1 N–H and O–H groups in total. The molecular formula is C12H18N4O2. The van der Waals surface area contributed by atoms with E-state index in [9.17, 15) is 10.1 Å². The van der Waals surface area contributed by atoms with Crippen molar-refractivity contribution in [2.24, 2.45) is 0 Å². The Hall–Kier alpha value is -1.69. The fourth-order valence-electron chi connectivity index (χ4n) is 2.31. The Kier molecular flexibility index (Phi) is 3.76. The summed E-state index contributed by atoms with van der Waals surface area (Å²) in [6.45, 7) is 3.71. The number of nitrogens with zero attached hydrogens (tertiary/aromatic N) is 3. The molecule has 0 atom stereocenters.